The van der Waals surface area contributed by atoms with Crippen molar-refractivity contribution in [2.45, 2.75) is 32.7 Å². The first-order valence-electron chi connectivity index (χ1n) is 9.08. The molecule has 1 aromatic carbocycles. The van der Waals surface area contributed by atoms with Gasteiger partial charge in [-0.3, -0.25) is 14.9 Å². The Bertz CT molecular complexity index is 713. The number of methoxy groups -OCH3 is 2. The molecule has 1 saturated heterocycles. The summed E-state index contributed by atoms with van der Waals surface area (Å²) in [5.41, 5.74) is 0.630. The molecule has 0 saturated carbocycles. The molecule has 154 valence electrons. The lowest BCUT2D eigenvalue weighted by atomic mass is 9.93. The van der Waals surface area contributed by atoms with Crippen LogP contribution in [0.1, 0.15) is 38.3 Å². The summed E-state index contributed by atoms with van der Waals surface area (Å²) in [6.45, 7) is 3.56. The molecule has 9 nitrogen and oxygen atoms in total. The van der Waals surface area contributed by atoms with Crippen LogP contribution in [0.15, 0.2) is 18.2 Å². The molecule has 0 N–H and O–H groups in total. The van der Waals surface area contributed by atoms with Gasteiger partial charge >= 0.3 is 6.09 Å². The second-order valence-corrected chi connectivity index (χ2v) is 7.22. The molecule has 1 fully saturated rings. The lowest BCUT2D eigenvalue weighted by Gasteiger charge is -2.23. The van der Waals surface area contributed by atoms with Crippen LogP contribution >= 0.6 is 0 Å². The molecule has 0 unspecified atom stereocenters. The molecule has 2 atom stereocenters. The van der Waals surface area contributed by atoms with Gasteiger partial charge in [-0.15, -0.1) is 0 Å². The van der Waals surface area contributed by atoms with E-state index in [0.29, 0.717) is 23.5 Å². The van der Waals surface area contributed by atoms with E-state index in [1.165, 1.54) is 14.2 Å². The molecule has 1 aliphatic rings. The first-order valence-corrected chi connectivity index (χ1v) is 9.08. The topological polar surface area (TPSA) is 108 Å². The summed E-state index contributed by atoms with van der Waals surface area (Å²) >= 11 is 0. The van der Waals surface area contributed by atoms with Crippen LogP contribution in [0.4, 0.5) is 4.79 Å². The number of nitrogens with zero attached hydrogens (tertiary/aromatic N) is 2. The second-order valence-electron chi connectivity index (χ2n) is 7.22. The Hall–Kier alpha value is -2.84. The van der Waals surface area contributed by atoms with Crippen molar-refractivity contribution in [3.05, 3.63) is 33.9 Å². The minimum absolute atomic E-state index is 0.00494. The van der Waals surface area contributed by atoms with E-state index < -0.39 is 28.9 Å². The third-order valence-corrected chi connectivity index (χ3v) is 4.58. The molecule has 0 spiro atoms. The van der Waals surface area contributed by atoms with Crippen molar-refractivity contribution >= 4 is 12.0 Å². The first kappa shape index (κ1) is 21.5. The summed E-state index contributed by atoms with van der Waals surface area (Å²) in [5.74, 6) is 0.305. The zero-order valence-corrected chi connectivity index (χ0v) is 16.5. The summed E-state index contributed by atoms with van der Waals surface area (Å²) < 4.78 is 15.6. The Morgan fingerprint density at radius 1 is 1.29 bits per heavy atom. The van der Waals surface area contributed by atoms with Crippen molar-refractivity contribution in [2.75, 3.05) is 27.4 Å². The van der Waals surface area contributed by atoms with Crippen LogP contribution < -0.4 is 9.47 Å². The van der Waals surface area contributed by atoms with Gasteiger partial charge < -0.3 is 14.2 Å². The summed E-state index contributed by atoms with van der Waals surface area (Å²) in [6.07, 6.45) is -0.319. The van der Waals surface area contributed by atoms with Gasteiger partial charge in [-0.1, -0.05) is 13.8 Å². The predicted octanol–water partition coefficient (Wildman–Crippen LogP) is 3.05. The van der Waals surface area contributed by atoms with Crippen LogP contribution in [0.3, 0.4) is 0 Å². The smallest absolute Gasteiger partial charge is 0.417 e. The fraction of sp³-hybridized carbons (Fsp3) is 0.579. The van der Waals surface area contributed by atoms with E-state index in [0.717, 1.165) is 4.90 Å². The van der Waals surface area contributed by atoms with Gasteiger partial charge in [-0.2, -0.15) is 0 Å². The number of hydrogen-bond acceptors (Lipinski definition) is 7. The summed E-state index contributed by atoms with van der Waals surface area (Å²) in [5, 5.41) is 10.9. The quantitative estimate of drug-likeness (QED) is 0.468. The molecule has 0 aromatic heterocycles. The SMILES string of the molecule is COc1cc(OC)cc([C@@H]2COC(=O)N2C(=O)C[C@H](CC(C)C)C[N+](=O)[O-])c1. The number of cyclic esters (lactones) is 1. The summed E-state index contributed by atoms with van der Waals surface area (Å²) in [4.78, 5) is 36.6. The molecule has 9 heteroatoms. The van der Waals surface area contributed by atoms with Crippen LogP contribution in [-0.4, -0.2) is 49.2 Å². The molecule has 0 aliphatic carbocycles. The van der Waals surface area contributed by atoms with Crippen LogP contribution in [0.5, 0.6) is 11.5 Å². The molecule has 28 heavy (non-hydrogen) atoms. The maximum absolute atomic E-state index is 12.9. The van der Waals surface area contributed by atoms with E-state index in [-0.39, 0.29) is 25.5 Å². The van der Waals surface area contributed by atoms with Gasteiger partial charge in [0.05, 0.1) is 14.2 Å². The van der Waals surface area contributed by atoms with Crippen LogP contribution in [0.25, 0.3) is 0 Å². The van der Waals surface area contributed by atoms with Gasteiger partial charge in [-0.05, 0) is 30.0 Å². The Balaban J connectivity index is 2.25. The lowest BCUT2D eigenvalue weighted by molar-refractivity contribution is -0.488. The van der Waals surface area contributed by atoms with E-state index in [4.69, 9.17) is 14.2 Å². The molecule has 2 rings (SSSR count). The van der Waals surface area contributed by atoms with Crippen molar-refractivity contribution < 1.29 is 28.7 Å². The Morgan fingerprint density at radius 2 is 1.89 bits per heavy atom. The van der Waals surface area contributed by atoms with Crippen molar-refractivity contribution in [3.8, 4) is 11.5 Å². The number of benzene rings is 1. The van der Waals surface area contributed by atoms with Crippen molar-refractivity contribution in [1.29, 1.82) is 0 Å². The molecule has 0 bridgehead atoms. The van der Waals surface area contributed by atoms with E-state index in [9.17, 15) is 19.7 Å². The number of ether oxygens (including phenoxy) is 3. The normalized spacial score (nSPS) is 17.4. The summed E-state index contributed by atoms with van der Waals surface area (Å²) in [6, 6.07) is 4.46. The number of carbonyl (C=O) groups excluding carboxylic acids is 2. The highest BCUT2D eigenvalue weighted by atomic mass is 16.6. The molecule has 0 radical (unpaired) electrons. The minimum Gasteiger partial charge on any atom is -0.497 e. The van der Waals surface area contributed by atoms with Gasteiger partial charge in [0, 0.05) is 23.3 Å². The maximum Gasteiger partial charge on any atom is 0.417 e. The van der Waals surface area contributed by atoms with Crippen LogP contribution in [0, 0.1) is 22.0 Å². The fourth-order valence-electron chi connectivity index (χ4n) is 3.41. The zero-order valence-electron chi connectivity index (χ0n) is 16.5. The average molecular weight is 394 g/mol. The van der Waals surface area contributed by atoms with E-state index in [1.54, 1.807) is 18.2 Å². The molecule has 1 aromatic rings. The van der Waals surface area contributed by atoms with Gasteiger partial charge in [0.1, 0.15) is 24.1 Å². The highest BCUT2D eigenvalue weighted by molar-refractivity contribution is 5.93. The highest BCUT2D eigenvalue weighted by Crippen LogP contribution is 2.34. The predicted molar refractivity (Wildman–Crippen MR) is 99.9 cm³/mol. The van der Waals surface area contributed by atoms with E-state index >= 15 is 0 Å². The fourth-order valence-corrected chi connectivity index (χ4v) is 3.41. The van der Waals surface area contributed by atoms with Crippen LogP contribution in [0.2, 0.25) is 0 Å². The molecular formula is C19H26N2O7. The number of imide groups is 1. The Morgan fingerprint density at radius 3 is 2.39 bits per heavy atom. The third kappa shape index (κ3) is 5.34. The minimum atomic E-state index is -0.749. The van der Waals surface area contributed by atoms with Gasteiger partial charge in [-0.25, -0.2) is 9.69 Å². The number of hydrogen-bond donors (Lipinski definition) is 0. The number of nitro groups is 1. The third-order valence-electron chi connectivity index (χ3n) is 4.58. The number of amides is 2. The maximum atomic E-state index is 12.9. The first-order chi connectivity index (χ1) is 13.2. The van der Waals surface area contributed by atoms with E-state index in [1.807, 2.05) is 13.8 Å². The Labute approximate surface area is 163 Å². The molecule has 1 heterocycles. The van der Waals surface area contributed by atoms with Crippen molar-refractivity contribution in [3.63, 3.8) is 0 Å². The molecule has 2 amide bonds. The molecular weight excluding hydrogens is 368 g/mol. The largest absolute Gasteiger partial charge is 0.497 e. The van der Waals surface area contributed by atoms with Gasteiger partial charge in [0.15, 0.2) is 0 Å². The zero-order chi connectivity index (χ0) is 20.8. The van der Waals surface area contributed by atoms with Crippen molar-refractivity contribution in [1.82, 2.24) is 4.90 Å². The number of carbonyl (C=O) groups is 2. The van der Waals surface area contributed by atoms with Gasteiger partial charge in [0.25, 0.3) is 0 Å². The second kappa shape index (κ2) is 9.38. The summed E-state index contributed by atoms with van der Waals surface area (Å²) in [7, 11) is 3.01. The van der Waals surface area contributed by atoms with Gasteiger partial charge in [0.2, 0.25) is 12.5 Å². The van der Waals surface area contributed by atoms with Crippen LogP contribution in [-0.2, 0) is 9.53 Å². The average Bonchev–Trinajstić information content (AvgIpc) is 3.01. The van der Waals surface area contributed by atoms with E-state index in [2.05, 4.69) is 0 Å². The molecule has 1 aliphatic heterocycles. The Kier molecular flexibility index (Phi) is 7.19. The highest BCUT2D eigenvalue weighted by Gasteiger charge is 2.40. The van der Waals surface area contributed by atoms with Crippen molar-refractivity contribution in [2.24, 2.45) is 11.8 Å². The number of rotatable bonds is 9. The standard InChI is InChI=1S/C19H26N2O7/c1-12(2)5-13(10-20(24)25)6-18(22)21-17(11-28-19(21)23)14-7-15(26-3)9-16(8-14)27-4/h7-9,12-13,17H,5-6,10-11H2,1-4H3/t13-,17-/m0/s1. The lowest BCUT2D eigenvalue weighted by Crippen LogP contribution is -2.36. The monoisotopic (exact) mass is 394 g/mol.